The monoisotopic (exact) mass is 391 g/mol. The maximum Gasteiger partial charge on any atom is 0.261 e. The van der Waals surface area contributed by atoms with Crippen molar-refractivity contribution in [2.24, 2.45) is 0 Å². The largest absolute Gasteiger partial charge is 0.545 e. The number of aromatic nitrogens is 1. The summed E-state index contributed by atoms with van der Waals surface area (Å²) in [6.07, 6.45) is 2.04. The lowest BCUT2D eigenvalue weighted by Crippen LogP contribution is -2.41. The molecule has 2 heterocycles. The molecule has 0 saturated heterocycles. The molecule has 0 spiro atoms. The Morgan fingerprint density at radius 2 is 1.68 bits per heavy atom. The first-order valence-corrected chi connectivity index (χ1v) is 9.73. The van der Waals surface area contributed by atoms with Crippen molar-refractivity contribution >= 4 is 40.3 Å². The number of imide groups is 1. The molecule has 0 fully saturated rings. The summed E-state index contributed by atoms with van der Waals surface area (Å²) in [7, 11) is 0. The van der Waals surface area contributed by atoms with Gasteiger partial charge in [0.25, 0.3) is 11.8 Å². The number of thioether (sulfide) groups is 1. The third kappa shape index (κ3) is 3.14. The maximum atomic E-state index is 12.8. The van der Waals surface area contributed by atoms with Crippen molar-refractivity contribution in [2.45, 2.75) is 11.4 Å². The van der Waals surface area contributed by atoms with E-state index in [1.807, 2.05) is 24.3 Å². The lowest BCUT2D eigenvalue weighted by Gasteiger charge is -2.27. The second kappa shape index (κ2) is 7.44. The molecule has 6 nitrogen and oxygen atoms in total. The zero-order valence-electron chi connectivity index (χ0n) is 14.8. The molecular weight excluding hydrogens is 376 g/mol. The summed E-state index contributed by atoms with van der Waals surface area (Å²) in [5.74, 6) is -1.36. The van der Waals surface area contributed by atoms with Gasteiger partial charge in [0.15, 0.2) is 0 Å². The fourth-order valence-corrected chi connectivity index (χ4v) is 4.25. The van der Waals surface area contributed by atoms with Gasteiger partial charge >= 0.3 is 0 Å². The molecule has 28 heavy (non-hydrogen) atoms. The number of carboxylic acid groups (broad SMARTS) is 1. The van der Waals surface area contributed by atoms with Crippen molar-refractivity contribution in [2.75, 3.05) is 12.3 Å². The highest BCUT2D eigenvalue weighted by Crippen LogP contribution is 2.30. The van der Waals surface area contributed by atoms with Gasteiger partial charge in [-0.3, -0.25) is 14.5 Å². The molecule has 140 valence electrons. The van der Waals surface area contributed by atoms with E-state index in [9.17, 15) is 19.5 Å². The molecule has 4 rings (SSSR count). The first-order chi connectivity index (χ1) is 13.6. The third-order valence-electron chi connectivity index (χ3n) is 4.61. The highest BCUT2D eigenvalue weighted by Gasteiger charge is 2.32. The number of hydrogen-bond donors (Lipinski definition) is 0. The van der Waals surface area contributed by atoms with E-state index in [0.717, 1.165) is 5.39 Å². The van der Waals surface area contributed by atoms with Crippen molar-refractivity contribution in [3.05, 3.63) is 71.4 Å². The van der Waals surface area contributed by atoms with E-state index in [1.165, 1.54) is 35.0 Å². The summed E-state index contributed by atoms with van der Waals surface area (Å²) in [6.45, 7) is 0.253. The number of aromatic carboxylic acids is 1. The molecule has 0 bridgehead atoms. The van der Waals surface area contributed by atoms with E-state index in [-0.39, 0.29) is 23.9 Å². The standard InChI is InChI=1S/C21H16N2O4S/c24-19-14-7-1-5-13-6-2-8-15(17(13)14)20(25)23(19)11-4-12-28-18-16(21(26)27)9-3-10-22-18/h1-3,5-10H,4,11-12H2,(H,26,27)/p-1. The van der Waals surface area contributed by atoms with E-state index >= 15 is 0 Å². The van der Waals surface area contributed by atoms with Crippen molar-refractivity contribution in [1.82, 2.24) is 9.88 Å². The van der Waals surface area contributed by atoms with Gasteiger partial charge in [-0.25, -0.2) is 4.98 Å². The van der Waals surface area contributed by atoms with Gasteiger partial charge in [0, 0.05) is 40.6 Å². The Hall–Kier alpha value is -3.19. The second-order valence-corrected chi connectivity index (χ2v) is 7.40. The lowest BCUT2D eigenvalue weighted by molar-refractivity contribution is -0.255. The Morgan fingerprint density at radius 3 is 2.32 bits per heavy atom. The lowest BCUT2D eigenvalue weighted by atomic mass is 9.94. The molecule has 0 radical (unpaired) electrons. The van der Waals surface area contributed by atoms with Crippen LogP contribution in [0.1, 0.15) is 37.5 Å². The summed E-state index contributed by atoms with van der Waals surface area (Å²) >= 11 is 1.27. The molecule has 1 aromatic heterocycles. The van der Waals surface area contributed by atoms with Crippen molar-refractivity contribution in [1.29, 1.82) is 0 Å². The molecule has 2 amide bonds. The zero-order valence-corrected chi connectivity index (χ0v) is 15.6. The van der Waals surface area contributed by atoms with Crippen LogP contribution in [0.5, 0.6) is 0 Å². The number of hydrogen-bond acceptors (Lipinski definition) is 6. The number of rotatable bonds is 6. The number of benzene rings is 2. The summed E-state index contributed by atoms with van der Waals surface area (Å²) in [5.41, 5.74) is 1.10. The number of nitrogens with zero attached hydrogens (tertiary/aromatic N) is 2. The summed E-state index contributed by atoms with van der Waals surface area (Å²) in [5, 5.41) is 13.1. The Balaban J connectivity index is 1.47. The molecule has 2 aromatic carbocycles. The van der Waals surface area contributed by atoms with Gasteiger partial charge in [-0.2, -0.15) is 0 Å². The van der Waals surface area contributed by atoms with Gasteiger partial charge < -0.3 is 9.90 Å². The fraction of sp³-hybridized carbons (Fsp3) is 0.143. The van der Waals surface area contributed by atoms with Crippen LogP contribution in [-0.4, -0.2) is 40.0 Å². The van der Waals surface area contributed by atoms with Crippen LogP contribution in [0, 0.1) is 0 Å². The zero-order chi connectivity index (χ0) is 19.7. The third-order valence-corrected chi connectivity index (χ3v) is 5.70. The van der Waals surface area contributed by atoms with Gasteiger partial charge in [-0.05, 0) is 36.1 Å². The average Bonchev–Trinajstić information content (AvgIpc) is 2.71. The Labute approximate surface area is 165 Å². The van der Waals surface area contributed by atoms with E-state index in [4.69, 9.17) is 0 Å². The number of carbonyl (C=O) groups is 3. The van der Waals surface area contributed by atoms with Crippen LogP contribution in [-0.2, 0) is 0 Å². The van der Waals surface area contributed by atoms with Crippen LogP contribution in [0.15, 0.2) is 59.8 Å². The van der Waals surface area contributed by atoms with Crippen molar-refractivity contribution in [3.8, 4) is 0 Å². The topological polar surface area (TPSA) is 90.4 Å². The van der Waals surface area contributed by atoms with Crippen LogP contribution in [0.3, 0.4) is 0 Å². The van der Waals surface area contributed by atoms with Gasteiger partial charge in [-0.15, -0.1) is 11.8 Å². The second-order valence-electron chi connectivity index (χ2n) is 6.32. The van der Waals surface area contributed by atoms with Crippen LogP contribution < -0.4 is 5.11 Å². The SMILES string of the molecule is O=C([O-])c1cccnc1SCCCN1C(=O)c2cccc3cccc(c23)C1=O. The van der Waals surface area contributed by atoms with Gasteiger partial charge in [0.05, 0.1) is 5.97 Å². The minimum absolute atomic E-state index is 0.0400. The van der Waals surface area contributed by atoms with Crippen LogP contribution in [0.25, 0.3) is 10.8 Å². The predicted octanol–water partition coefficient (Wildman–Crippen LogP) is 2.38. The van der Waals surface area contributed by atoms with Gasteiger partial charge in [-0.1, -0.05) is 24.3 Å². The number of amides is 2. The van der Waals surface area contributed by atoms with Gasteiger partial charge in [0.2, 0.25) is 0 Å². The molecule has 0 unspecified atom stereocenters. The van der Waals surface area contributed by atoms with Crippen LogP contribution >= 0.6 is 11.8 Å². The minimum atomic E-state index is -1.28. The maximum absolute atomic E-state index is 12.8. The quantitative estimate of drug-likeness (QED) is 0.364. The average molecular weight is 391 g/mol. The van der Waals surface area contributed by atoms with Crippen LogP contribution in [0.4, 0.5) is 0 Å². The van der Waals surface area contributed by atoms with Crippen molar-refractivity contribution in [3.63, 3.8) is 0 Å². The normalized spacial score (nSPS) is 13.2. The van der Waals surface area contributed by atoms with E-state index in [0.29, 0.717) is 33.7 Å². The van der Waals surface area contributed by atoms with Crippen LogP contribution in [0.2, 0.25) is 0 Å². The summed E-state index contributed by atoms with van der Waals surface area (Å²) in [6, 6.07) is 13.9. The molecule has 7 heteroatoms. The van der Waals surface area contributed by atoms with E-state index < -0.39 is 5.97 Å². The highest BCUT2D eigenvalue weighted by molar-refractivity contribution is 7.99. The highest BCUT2D eigenvalue weighted by atomic mass is 32.2. The fourth-order valence-electron chi connectivity index (χ4n) is 3.34. The minimum Gasteiger partial charge on any atom is -0.545 e. The van der Waals surface area contributed by atoms with E-state index in [2.05, 4.69) is 4.98 Å². The number of carbonyl (C=O) groups excluding carboxylic acids is 3. The molecule has 0 aliphatic carbocycles. The summed E-state index contributed by atoms with van der Waals surface area (Å²) in [4.78, 5) is 42.1. The molecule has 1 aliphatic heterocycles. The summed E-state index contributed by atoms with van der Waals surface area (Å²) < 4.78 is 0. The molecule has 0 N–H and O–H groups in total. The molecule has 0 saturated carbocycles. The number of pyridine rings is 1. The van der Waals surface area contributed by atoms with E-state index in [1.54, 1.807) is 12.1 Å². The number of carboxylic acids is 1. The van der Waals surface area contributed by atoms with Crippen molar-refractivity contribution < 1.29 is 19.5 Å². The first-order valence-electron chi connectivity index (χ1n) is 8.75. The predicted molar refractivity (Wildman–Crippen MR) is 103 cm³/mol. The molecule has 3 aromatic rings. The first kappa shape index (κ1) is 18.2. The molecular formula is C21H15N2O4S-. The smallest absolute Gasteiger partial charge is 0.261 e. The Kier molecular flexibility index (Phi) is 4.83. The van der Waals surface area contributed by atoms with Gasteiger partial charge in [0.1, 0.15) is 5.03 Å². The Bertz CT molecular complexity index is 1060. The molecule has 1 aliphatic rings. The Morgan fingerprint density at radius 1 is 1.00 bits per heavy atom. The molecule has 0 atom stereocenters.